The fourth-order valence-corrected chi connectivity index (χ4v) is 2.11. The Bertz CT molecular complexity index is 457. The average Bonchev–Trinajstić information content (AvgIpc) is 2.33. The average molecular weight is 290 g/mol. The van der Waals surface area contributed by atoms with Gasteiger partial charge in [0.05, 0.1) is 0 Å². The highest BCUT2D eigenvalue weighted by molar-refractivity contribution is 5.52. The van der Waals surface area contributed by atoms with E-state index < -0.39 is 12.1 Å². The van der Waals surface area contributed by atoms with Crippen LogP contribution in [0.3, 0.4) is 0 Å². The number of piperidine rings is 1. The quantitative estimate of drug-likeness (QED) is 0.869. The van der Waals surface area contributed by atoms with Crippen molar-refractivity contribution in [3.63, 3.8) is 0 Å². The van der Waals surface area contributed by atoms with Gasteiger partial charge in [-0.2, -0.15) is 0 Å². The minimum Gasteiger partial charge on any atom is -0.486 e. The molecule has 1 aliphatic heterocycles. The zero-order chi connectivity index (χ0) is 14.8. The summed E-state index contributed by atoms with van der Waals surface area (Å²) in [5, 5.41) is 0. The topological polar surface area (TPSA) is 47.7 Å². The van der Waals surface area contributed by atoms with Crippen LogP contribution in [0.4, 0.5) is 18.9 Å². The van der Waals surface area contributed by atoms with Crippen molar-refractivity contribution >= 4 is 5.69 Å². The molecule has 20 heavy (non-hydrogen) atoms. The van der Waals surface area contributed by atoms with Gasteiger partial charge < -0.3 is 20.1 Å². The number of nitrogens with zero attached hydrogens (tertiary/aromatic N) is 1. The first kappa shape index (κ1) is 14.8. The molecule has 1 aromatic rings. The summed E-state index contributed by atoms with van der Waals surface area (Å²) >= 11 is 0. The highest BCUT2D eigenvalue weighted by Gasteiger charge is 2.33. The Hall–Kier alpha value is -1.63. The van der Waals surface area contributed by atoms with E-state index in [-0.39, 0.29) is 17.5 Å². The summed E-state index contributed by atoms with van der Waals surface area (Å²) in [6.07, 6.45) is -3.33. The largest absolute Gasteiger partial charge is 0.573 e. The Morgan fingerprint density at radius 1 is 1.20 bits per heavy atom. The van der Waals surface area contributed by atoms with Crippen LogP contribution in [-0.4, -0.2) is 37.5 Å². The zero-order valence-corrected chi connectivity index (χ0v) is 11.1. The number of nitrogens with two attached hydrogens (primary N) is 1. The first-order valence-corrected chi connectivity index (χ1v) is 6.34. The number of hydrogen-bond acceptors (Lipinski definition) is 4. The summed E-state index contributed by atoms with van der Waals surface area (Å²) in [6, 6.07) is 4.03. The van der Waals surface area contributed by atoms with E-state index >= 15 is 0 Å². The molecule has 112 valence electrons. The maximum atomic E-state index is 12.4. The van der Waals surface area contributed by atoms with E-state index in [1.165, 1.54) is 12.1 Å². The molecule has 1 fully saturated rings. The van der Waals surface area contributed by atoms with Crippen molar-refractivity contribution in [2.24, 2.45) is 0 Å². The van der Waals surface area contributed by atoms with Crippen LogP contribution in [0.15, 0.2) is 18.2 Å². The van der Waals surface area contributed by atoms with E-state index in [0.717, 1.165) is 32.0 Å². The van der Waals surface area contributed by atoms with E-state index in [9.17, 15) is 13.2 Å². The van der Waals surface area contributed by atoms with Gasteiger partial charge in [-0.25, -0.2) is 0 Å². The first-order chi connectivity index (χ1) is 9.33. The second-order valence-electron chi connectivity index (χ2n) is 4.87. The van der Waals surface area contributed by atoms with Crippen molar-refractivity contribution in [2.45, 2.75) is 25.3 Å². The highest BCUT2D eigenvalue weighted by Crippen LogP contribution is 2.35. The molecule has 0 atom stereocenters. The van der Waals surface area contributed by atoms with Crippen LogP contribution >= 0.6 is 0 Å². The standard InChI is InChI=1S/C13H17F3N2O2/c1-18-6-4-10(5-7-18)19-11-3-2-9(17)8-12(11)20-13(14,15)16/h2-3,8,10H,4-7,17H2,1H3. The van der Waals surface area contributed by atoms with Crippen molar-refractivity contribution in [3.8, 4) is 11.5 Å². The summed E-state index contributed by atoms with van der Waals surface area (Å²) in [6.45, 7) is 1.71. The molecular weight excluding hydrogens is 273 g/mol. The van der Waals surface area contributed by atoms with E-state index in [1.54, 1.807) is 0 Å². The summed E-state index contributed by atoms with van der Waals surface area (Å²) in [5.41, 5.74) is 5.68. The van der Waals surface area contributed by atoms with Gasteiger partial charge >= 0.3 is 6.36 Å². The van der Waals surface area contributed by atoms with Crippen LogP contribution < -0.4 is 15.2 Å². The molecule has 0 bridgehead atoms. The summed E-state index contributed by atoms with van der Waals surface area (Å²) in [5.74, 6) is -0.317. The molecule has 0 spiro atoms. The molecule has 0 aliphatic carbocycles. The smallest absolute Gasteiger partial charge is 0.486 e. The Morgan fingerprint density at radius 3 is 2.45 bits per heavy atom. The van der Waals surface area contributed by atoms with Crippen LogP contribution in [-0.2, 0) is 0 Å². The summed E-state index contributed by atoms with van der Waals surface area (Å²) < 4.78 is 46.7. The molecular formula is C13H17F3N2O2. The van der Waals surface area contributed by atoms with Gasteiger partial charge in [0, 0.05) is 24.8 Å². The highest BCUT2D eigenvalue weighted by atomic mass is 19.4. The number of anilines is 1. The van der Waals surface area contributed by atoms with Crippen LogP contribution in [0.2, 0.25) is 0 Å². The number of likely N-dealkylation sites (tertiary alicyclic amines) is 1. The molecule has 0 amide bonds. The molecule has 1 aliphatic rings. The molecule has 0 unspecified atom stereocenters. The molecule has 7 heteroatoms. The minimum absolute atomic E-state index is 0.0751. The molecule has 1 aromatic carbocycles. The van der Waals surface area contributed by atoms with Crippen molar-refractivity contribution in [1.29, 1.82) is 0 Å². The Balaban J connectivity index is 2.10. The van der Waals surface area contributed by atoms with Crippen LogP contribution in [0.5, 0.6) is 11.5 Å². The Morgan fingerprint density at radius 2 is 1.85 bits per heavy atom. The molecule has 0 aromatic heterocycles. The van der Waals surface area contributed by atoms with Gasteiger partial charge in [0.1, 0.15) is 6.10 Å². The number of rotatable bonds is 3. The monoisotopic (exact) mass is 290 g/mol. The molecule has 2 rings (SSSR count). The van der Waals surface area contributed by atoms with Crippen molar-refractivity contribution in [1.82, 2.24) is 4.90 Å². The molecule has 1 heterocycles. The molecule has 2 N–H and O–H groups in total. The van der Waals surface area contributed by atoms with Gasteiger partial charge in [0.15, 0.2) is 11.5 Å². The van der Waals surface area contributed by atoms with E-state index in [4.69, 9.17) is 10.5 Å². The number of hydrogen-bond donors (Lipinski definition) is 1. The minimum atomic E-state index is -4.77. The van der Waals surface area contributed by atoms with Crippen molar-refractivity contribution < 1.29 is 22.6 Å². The molecule has 0 radical (unpaired) electrons. The van der Waals surface area contributed by atoms with Gasteiger partial charge in [0.2, 0.25) is 0 Å². The lowest BCUT2D eigenvalue weighted by Gasteiger charge is -2.29. The predicted octanol–water partition coefficient (Wildman–Crippen LogP) is 2.64. The SMILES string of the molecule is CN1CCC(Oc2ccc(N)cc2OC(F)(F)F)CC1. The lowest BCUT2D eigenvalue weighted by Crippen LogP contribution is -2.35. The van der Waals surface area contributed by atoms with E-state index in [2.05, 4.69) is 9.64 Å². The van der Waals surface area contributed by atoms with Gasteiger partial charge in [-0.15, -0.1) is 13.2 Å². The van der Waals surface area contributed by atoms with Crippen molar-refractivity contribution in [2.75, 3.05) is 25.9 Å². The lowest BCUT2D eigenvalue weighted by atomic mass is 10.1. The Kier molecular flexibility index (Phi) is 4.27. The van der Waals surface area contributed by atoms with Crippen molar-refractivity contribution in [3.05, 3.63) is 18.2 Å². The lowest BCUT2D eigenvalue weighted by molar-refractivity contribution is -0.275. The van der Waals surface area contributed by atoms with Gasteiger partial charge in [-0.3, -0.25) is 0 Å². The second kappa shape index (κ2) is 5.78. The third kappa shape index (κ3) is 4.19. The van der Waals surface area contributed by atoms with Crippen LogP contribution in [0.25, 0.3) is 0 Å². The van der Waals surface area contributed by atoms with Crippen LogP contribution in [0.1, 0.15) is 12.8 Å². The fraction of sp³-hybridized carbons (Fsp3) is 0.538. The maximum absolute atomic E-state index is 12.4. The van der Waals surface area contributed by atoms with E-state index in [0.29, 0.717) is 0 Å². The summed E-state index contributed by atoms with van der Waals surface area (Å²) in [4.78, 5) is 2.15. The number of alkyl halides is 3. The maximum Gasteiger partial charge on any atom is 0.573 e. The first-order valence-electron chi connectivity index (χ1n) is 6.34. The third-order valence-corrected chi connectivity index (χ3v) is 3.15. The second-order valence-corrected chi connectivity index (χ2v) is 4.87. The zero-order valence-electron chi connectivity index (χ0n) is 11.1. The van der Waals surface area contributed by atoms with Gasteiger partial charge in [-0.05, 0) is 32.0 Å². The molecule has 0 saturated carbocycles. The molecule has 1 saturated heterocycles. The molecule has 4 nitrogen and oxygen atoms in total. The predicted molar refractivity (Wildman–Crippen MR) is 68.7 cm³/mol. The van der Waals surface area contributed by atoms with Gasteiger partial charge in [-0.1, -0.05) is 0 Å². The fourth-order valence-electron chi connectivity index (χ4n) is 2.11. The summed E-state index contributed by atoms with van der Waals surface area (Å²) in [7, 11) is 2.00. The third-order valence-electron chi connectivity index (χ3n) is 3.15. The number of ether oxygens (including phenoxy) is 2. The number of benzene rings is 1. The van der Waals surface area contributed by atoms with Gasteiger partial charge in [0.25, 0.3) is 0 Å². The Labute approximate surface area is 115 Å². The normalized spacial score (nSPS) is 18.0. The number of nitrogen functional groups attached to an aromatic ring is 1. The number of halogens is 3. The van der Waals surface area contributed by atoms with E-state index in [1.807, 2.05) is 7.05 Å². The van der Waals surface area contributed by atoms with Crippen LogP contribution in [0, 0.1) is 0 Å².